The van der Waals surface area contributed by atoms with Gasteiger partial charge in [0.1, 0.15) is 5.03 Å². The van der Waals surface area contributed by atoms with E-state index in [-0.39, 0.29) is 11.7 Å². The van der Waals surface area contributed by atoms with E-state index in [2.05, 4.69) is 23.2 Å². The molecule has 0 aliphatic rings. The normalized spacial score (nSPS) is 11.2. The summed E-state index contributed by atoms with van der Waals surface area (Å²) in [4.78, 5) is 21.7. The van der Waals surface area contributed by atoms with Gasteiger partial charge in [0.05, 0.1) is 16.1 Å². The van der Waals surface area contributed by atoms with Crippen molar-refractivity contribution in [1.29, 1.82) is 0 Å². The van der Waals surface area contributed by atoms with Gasteiger partial charge in [-0.25, -0.2) is 9.97 Å². The van der Waals surface area contributed by atoms with Crippen LogP contribution in [0, 0.1) is 0 Å². The van der Waals surface area contributed by atoms with Crippen molar-refractivity contribution in [3.8, 4) is 10.7 Å². The van der Waals surface area contributed by atoms with E-state index in [1.807, 2.05) is 35.7 Å². The second-order valence-electron chi connectivity index (χ2n) is 5.27. The first kappa shape index (κ1) is 15.1. The third-order valence-electron chi connectivity index (χ3n) is 3.65. The quantitative estimate of drug-likeness (QED) is 0.342. The van der Waals surface area contributed by atoms with Crippen LogP contribution in [0.2, 0.25) is 0 Å². The highest BCUT2D eigenvalue weighted by atomic mass is 32.2. The number of hydrogen-bond acceptors (Lipinski definition) is 5. The van der Waals surface area contributed by atoms with Crippen molar-refractivity contribution in [1.82, 2.24) is 9.97 Å². The van der Waals surface area contributed by atoms with E-state index in [9.17, 15) is 4.79 Å². The second kappa shape index (κ2) is 6.22. The molecular formula is C18H13N3OS2. The molecule has 0 atom stereocenters. The number of fused-ring (bicyclic) bond motifs is 3. The Balaban J connectivity index is 2.00. The predicted octanol–water partition coefficient (Wildman–Crippen LogP) is 4.09. The van der Waals surface area contributed by atoms with Gasteiger partial charge in [0.25, 0.3) is 0 Å². The highest BCUT2D eigenvalue weighted by molar-refractivity contribution is 8.00. The molecule has 0 unspecified atom stereocenters. The van der Waals surface area contributed by atoms with E-state index in [0.29, 0.717) is 5.82 Å². The fourth-order valence-corrected chi connectivity index (χ4v) is 4.01. The summed E-state index contributed by atoms with van der Waals surface area (Å²) in [6.45, 7) is 0. The number of carbonyl (C=O) groups is 1. The van der Waals surface area contributed by atoms with Crippen LogP contribution in [0.3, 0.4) is 0 Å². The highest BCUT2D eigenvalue weighted by Crippen LogP contribution is 2.33. The third kappa shape index (κ3) is 2.74. The first-order valence-corrected chi connectivity index (χ1v) is 9.23. The third-order valence-corrected chi connectivity index (χ3v) is 5.53. The molecule has 0 bridgehead atoms. The molecule has 2 N–H and O–H groups in total. The van der Waals surface area contributed by atoms with E-state index in [1.54, 1.807) is 11.3 Å². The number of nitrogens with zero attached hydrogens (tertiary/aromatic N) is 2. The van der Waals surface area contributed by atoms with Gasteiger partial charge in [-0.15, -0.1) is 11.3 Å². The van der Waals surface area contributed by atoms with Crippen LogP contribution in [0.4, 0.5) is 0 Å². The van der Waals surface area contributed by atoms with Crippen molar-refractivity contribution >= 4 is 50.7 Å². The molecule has 0 saturated carbocycles. The zero-order valence-electron chi connectivity index (χ0n) is 12.6. The van der Waals surface area contributed by atoms with Gasteiger partial charge in [0, 0.05) is 10.8 Å². The molecule has 6 heteroatoms. The van der Waals surface area contributed by atoms with Crippen LogP contribution >= 0.6 is 23.1 Å². The zero-order chi connectivity index (χ0) is 16.5. The molecule has 0 spiro atoms. The lowest BCUT2D eigenvalue weighted by Crippen LogP contribution is -2.13. The lowest BCUT2D eigenvalue weighted by atomic mass is 10.1. The molecule has 24 heavy (non-hydrogen) atoms. The first-order chi connectivity index (χ1) is 11.7. The number of nitrogens with two attached hydrogens (primary N) is 1. The van der Waals surface area contributed by atoms with Crippen molar-refractivity contribution in [2.24, 2.45) is 5.73 Å². The van der Waals surface area contributed by atoms with E-state index in [0.717, 1.165) is 31.6 Å². The summed E-state index contributed by atoms with van der Waals surface area (Å²) in [6, 6.07) is 16.2. The van der Waals surface area contributed by atoms with Gasteiger partial charge in [0.15, 0.2) is 5.82 Å². The number of hydrogen-bond donors (Lipinski definition) is 1. The Morgan fingerprint density at radius 1 is 1.04 bits per heavy atom. The number of thiophene rings is 1. The van der Waals surface area contributed by atoms with Crippen molar-refractivity contribution in [3.05, 3.63) is 53.9 Å². The van der Waals surface area contributed by atoms with Crippen LogP contribution in [-0.4, -0.2) is 21.6 Å². The van der Waals surface area contributed by atoms with Gasteiger partial charge in [-0.3, -0.25) is 4.79 Å². The fourth-order valence-electron chi connectivity index (χ4n) is 2.60. The number of benzene rings is 2. The maximum atomic E-state index is 11.2. The topological polar surface area (TPSA) is 68.9 Å². The molecule has 2 heterocycles. The van der Waals surface area contributed by atoms with Crippen molar-refractivity contribution in [2.45, 2.75) is 5.03 Å². The standard InChI is InChI=1S/C18H13N3OS2/c19-15(22)10-24-18-13-8-7-11-4-1-2-5-12(11)16(13)20-17(21-18)14-6-3-9-23-14/h1-9H,10H2,(H2,19,22). The van der Waals surface area contributed by atoms with Crippen LogP contribution in [0.5, 0.6) is 0 Å². The number of rotatable bonds is 4. The molecule has 1 amide bonds. The van der Waals surface area contributed by atoms with Gasteiger partial charge < -0.3 is 5.73 Å². The summed E-state index contributed by atoms with van der Waals surface area (Å²) < 4.78 is 0. The average molecular weight is 351 g/mol. The maximum Gasteiger partial charge on any atom is 0.227 e. The van der Waals surface area contributed by atoms with Gasteiger partial charge in [-0.1, -0.05) is 48.2 Å². The Hall–Kier alpha value is -2.44. The van der Waals surface area contributed by atoms with E-state index in [1.165, 1.54) is 11.8 Å². The minimum Gasteiger partial charge on any atom is -0.369 e. The van der Waals surface area contributed by atoms with E-state index in [4.69, 9.17) is 10.7 Å². The van der Waals surface area contributed by atoms with Crippen molar-refractivity contribution in [2.75, 3.05) is 5.75 Å². The van der Waals surface area contributed by atoms with Gasteiger partial charge in [-0.05, 0) is 22.9 Å². The van der Waals surface area contributed by atoms with Crippen molar-refractivity contribution < 1.29 is 4.79 Å². The van der Waals surface area contributed by atoms with Gasteiger partial charge in [-0.2, -0.15) is 0 Å². The molecule has 4 nitrogen and oxygen atoms in total. The maximum absolute atomic E-state index is 11.2. The molecular weight excluding hydrogens is 338 g/mol. The lowest BCUT2D eigenvalue weighted by Gasteiger charge is -2.09. The predicted molar refractivity (Wildman–Crippen MR) is 100 cm³/mol. The van der Waals surface area contributed by atoms with Gasteiger partial charge >= 0.3 is 0 Å². The molecule has 4 aromatic rings. The number of thioether (sulfide) groups is 1. The summed E-state index contributed by atoms with van der Waals surface area (Å²) >= 11 is 2.95. The van der Waals surface area contributed by atoms with Crippen LogP contribution in [-0.2, 0) is 4.79 Å². The number of amides is 1. The highest BCUT2D eigenvalue weighted by Gasteiger charge is 2.13. The fraction of sp³-hybridized carbons (Fsp3) is 0.0556. The Morgan fingerprint density at radius 2 is 1.92 bits per heavy atom. The molecule has 2 aromatic heterocycles. The molecule has 2 aromatic carbocycles. The second-order valence-corrected chi connectivity index (χ2v) is 7.18. The number of aromatic nitrogens is 2. The summed E-state index contributed by atoms with van der Waals surface area (Å²) in [5.74, 6) is 0.522. The van der Waals surface area contributed by atoms with Crippen LogP contribution in [0.1, 0.15) is 0 Å². The Labute approximate surface area is 146 Å². The minimum atomic E-state index is -0.356. The average Bonchev–Trinajstić information content (AvgIpc) is 3.14. The number of primary amides is 1. The Kier molecular flexibility index (Phi) is 3.92. The van der Waals surface area contributed by atoms with Crippen LogP contribution in [0.15, 0.2) is 58.9 Å². The van der Waals surface area contributed by atoms with Crippen LogP contribution in [0.25, 0.3) is 32.4 Å². The number of carbonyl (C=O) groups excluding carboxylic acids is 1. The summed E-state index contributed by atoms with van der Waals surface area (Å²) in [5, 5.41) is 5.94. The molecule has 0 saturated heterocycles. The zero-order valence-corrected chi connectivity index (χ0v) is 14.2. The lowest BCUT2D eigenvalue weighted by molar-refractivity contribution is -0.115. The Morgan fingerprint density at radius 3 is 2.71 bits per heavy atom. The molecule has 0 fully saturated rings. The van der Waals surface area contributed by atoms with Gasteiger partial charge in [0.2, 0.25) is 5.91 Å². The monoisotopic (exact) mass is 351 g/mol. The SMILES string of the molecule is NC(=O)CSc1nc(-c2cccs2)nc2c1ccc1ccccc12. The smallest absolute Gasteiger partial charge is 0.227 e. The molecule has 0 radical (unpaired) electrons. The molecule has 0 aliphatic carbocycles. The first-order valence-electron chi connectivity index (χ1n) is 7.37. The summed E-state index contributed by atoms with van der Waals surface area (Å²) in [5.41, 5.74) is 6.21. The van der Waals surface area contributed by atoms with Crippen LogP contribution < -0.4 is 5.73 Å². The summed E-state index contributed by atoms with van der Waals surface area (Å²) in [6.07, 6.45) is 0. The minimum absolute atomic E-state index is 0.197. The molecule has 118 valence electrons. The van der Waals surface area contributed by atoms with Crippen molar-refractivity contribution in [3.63, 3.8) is 0 Å². The van der Waals surface area contributed by atoms with E-state index >= 15 is 0 Å². The molecule has 0 aliphatic heterocycles. The van der Waals surface area contributed by atoms with E-state index < -0.39 is 0 Å². The summed E-state index contributed by atoms with van der Waals surface area (Å²) in [7, 11) is 0. The largest absolute Gasteiger partial charge is 0.369 e. The Bertz CT molecular complexity index is 1040. The molecule has 4 rings (SSSR count).